The van der Waals surface area contributed by atoms with E-state index in [4.69, 9.17) is 0 Å². The average molecular weight is 366 g/mol. The predicted octanol–water partition coefficient (Wildman–Crippen LogP) is 6.08. The van der Waals surface area contributed by atoms with Crippen molar-refractivity contribution in [3.05, 3.63) is 90.8 Å². The first-order valence-corrected chi connectivity index (χ1v) is 10.2. The lowest BCUT2D eigenvalue weighted by molar-refractivity contribution is -0.662. The minimum absolute atomic E-state index is 0.876. The molecule has 0 aliphatic rings. The summed E-state index contributed by atoms with van der Waals surface area (Å²) in [6, 6.07) is 28.6. The van der Waals surface area contributed by atoms with Crippen LogP contribution < -0.4 is 4.57 Å². The van der Waals surface area contributed by atoms with E-state index < -0.39 is 0 Å². The zero-order valence-electron chi connectivity index (χ0n) is 16.3. The summed E-state index contributed by atoms with van der Waals surface area (Å²) in [4.78, 5) is 0. The number of rotatable bonds is 5. The maximum Gasteiger partial charge on any atom is 0.245 e. The van der Waals surface area contributed by atoms with Crippen LogP contribution in [0.4, 0.5) is 0 Å². The third-order valence-corrected chi connectivity index (χ3v) is 5.74. The van der Waals surface area contributed by atoms with Crippen LogP contribution in [0, 0.1) is 0 Å². The molecule has 1 heterocycles. The summed E-state index contributed by atoms with van der Waals surface area (Å²) in [7, 11) is 0. The molecule has 0 amide bonds. The van der Waals surface area contributed by atoms with Gasteiger partial charge in [0.1, 0.15) is 6.54 Å². The van der Waals surface area contributed by atoms with Crippen molar-refractivity contribution < 1.29 is 4.57 Å². The maximum absolute atomic E-state index is 2.42. The average Bonchev–Trinajstić information content (AvgIpc) is 3.09. The summed E-state index contributed by atoms with van der Waals surface area (Å²) >= 11 is 0. The van der Waals surface area contributed by atoms with Gasteiger partial charge < -0.3 is 0 Å². The molecule has 0 fully saturated rings. The third-order valence-electron chi connectivity index (χ3n) is 5.74. The van der Waals surface area contributed by atoms with Gasteiger partial charge in [0.2, 0.25) is 6.33 Å². The summed E-state index contributed by atoms with van der Waals surface area (Å²) in [6.45, 7) is 4.20. The van der Waals surface area contributed by atoms with Gasteiger partial charge in [-0.25, -0.2) is 9.13 Å². The van der Waals surface area contributed by atoms with Crippen LogP contribution in [0.3, 0.4) is 0 Å². The highest BCUT2D eigenvalue weighted by Gasteiger charge is 2.17. The second-order valence-corrected chi connectivity index (χ2v) is 7.58. The highest BCUT2D eigenvalue weighted by Crippen LogP contribution is 2.28. The molecule has 0 bridgehead atoms. The fraction of sp³-hybridized carbons (Fsp3) is 0.192. The van der Waals surface area contributed by atoms with Crippen molar-refractivity contribution in [2.45, 2.75) is 32.9 Å². The Hall–Kier alpha value is -3.13. The third kappa shape index (κ3) is 2.86. The quantitative estimate of drug-likeness (QED) is 0.263. The number of fused-ring (bicyclic) bond motifs is 3. The molecule has 0 unspecified atom stereocenters. The molecule has 0 saturated carbocycles. The lowest BCUT2D eigenvalue weighted by Gasteiger charge is -2.10. The van der Waals surface area contributed by atoms with Gasteiger partial charge in [-0.15, -0.1) is 0 Å². The van der Waals surface area contributed by atoms with E-state index in [2.05, 4.69) is 101 Å². The Labute approximate surface area is 165 Å². The maximum atomic E-state index is 2.42. The van der Waals surface area contributed by atoms with Crippen molar-refractivity contribution in [2.75, 3.05) is 0 Å². The number of hydrogen-bond donors (Lipinski definition) is 0. The molecule has 0 N–H and O–H groups in total. The molecule has 2 nitrogen and oxygen atoms in total. The van der Waals surface area contributed by atoms with Crippen molar-refractivity contribution >= 4 is 32.6 Å². The number of aryl methyl sites for hydroxylation is 1. The van der Waals surface area contributed by atoms with Crippen LogP contribution in [0.1, 0.15) is 25.3 Å². The van der Waals surface area contributed by atoms with Crippen molar-refractivity contribution in [3.63, 3.8) is 0 Å². The summed E-state index contributed by atoms with van der Waals surface area (Å²) in [5.74, 6) is 0. The van der Waals surface area contributed by atoms with Crippen LogP contribution in [0.15, 0.2) is 85.2 Å². The molecule has 4 aromatic carbocycles. The number of para-hydroxylation sites is 2. The number of benzene rings is 4. The lowest BCUT2D eigenvalue weighted by Crippen LogP contribution is -2.33. The van der Waals surface area contributed by atoms with Gasteiger partial charge in [-0.3, -0.25) is 0 Å². The normalized spacial score (nSPS) is 11.6. The molecule has 0 aliphatic heterocycles. The van der Waals surface area contributed by atoms with Crippen LogP contribution in [-0.4, -0.2) is 4.57 Å². The number of hydrogen-bond acceptors (Lipinski definition) is 0. The fourth-order valence-electron chi connectivity index (χ4n) is 4.32. The highest BCUT2D eigenvalue weighted by atomic mass is 15.1. The molecule has 0 radical (unpaired) electrons. The molecule has 0 atom stereocenters. The van der Waals surface area contributed by atoms with Gasteiger partial charge in [-0.05, 0) is 46.2 Å². The smallest absolute Gasteiger partial charge is 0.230 e. The Morgan fingerprint density at radius 2 is 1.43 bits per heavy atom. The SMILES string of the molecule is CCCCn1c[n+](Cc2c3ccccc3cc3ccccc23)c2ccccc21. The summed E-state index contributed by atoms with van der Waals surface area (Å²) < 4.78 is 4.82. The van der Waals surface area contributed by atoms with Gasteiger partial charge >= 0.3 is 0 Å². The number of imidazole rings is 1. The van der Waals surface area contributed by atoms with Gasteiger partial charge in [-0.2, -0.15) is 0 Å². The molecule has 1 aromatic heterocycles. The molecular weight excluding hydrogens is 340 g/mol. The van der Waals surface area contributed by atoms with Crippen LogP contribution in [0.5, 0.6) is 0 Å². The molecule has 0 saturated heterocycles. The van der Waals surface area contributed by atoms with E-state index in [1.807, 2.05) is 0 Å². The van der Waals surface area contributed by atoms with Crippen molar-refractivity contribution in [1.82, 2.24) is 4.57 Å². The van der Waals surface area contributed by atoms with Crippen molar-refractivity contribution in [3.8, 4) is 0 Å². The Balaban J connectivity index is 1.72. The zero-order valence-corrected chi connectivity index (χ0v) is 16.3. The largest absolute Gasteiger partial charge is 0.245 e. The molecule has 138 valence electrons. The first-order chi connectivity index (χ1) is 13.8. The molecule has 5 aromatic rings. The minimum Gasteiger partial charge on any atom is -0.230 e. The number of aromatic nitrogens is 2. The van der Waals surface area contributed by atoms with Crippen molar-refractivity contribution in [1.29, 1.82) is 0 Å². The number of unbranched alkanes of at least 4 members (excludes halogenated alkanes) is 1. The van der Waals surface area contributed by atoms with Gasteiger partial charge in [-0.1, -0.05) is 74.0 Å². The Morgan fingerprint density at radius 1 is 0.786 bits per heavy atom. The summed E-state index contributed by atoms with van der Waals surface area (Å²) in [5, 5.41) is 5.32. The highest BCUT2D eigenvalue weighted by molar-refractivity contribution is 6.02. The second-order valence-electron chi connectivity index (χ2n) is 7.58. The monoisotopic (exact) mass is 365 g/mol. The molecule has 0 spiro atoms. The predicted molar refractivity (Wildman–Crippen MR) is 118 cm³/mol. The summed E-state index contributed by atoms with van der Waals surface area (Å²) in [6.07, 6.45) is 4.72. The Bertz CT molecular complexity index is 1230. The molecule has 0 aliphatic carbocycles. The van der Waals surface area contributed by atoms with Crippen LogP contribution in [-0.2, 0) is 13.1 Å². The lowest BCUT2D eigenvalue weighted by atomic mass is 9.96. The van der Waals surface area contributed by atoms with E-state index in [1.165, 1.54) is 51.0 Å². The van der Waals surface area contributed by atoms with E-state index in [1.54, 1.807) is 0 Å². The van der Waals surface area contributed by atoms with Crippen LogP contribution in [0.25, 0.3) is 32.6 Å². The van der Waals surface area contributed by atoms with E-state index in [0.29, 0.717) is 0 Å². The van der Waals surface area contributed by atoms with Gasteiger partial charge in [0.05, 0.1) is 6.54 Å². The van der Waals surface area contributed by atoms with E-state index in [9.17, 15) is 0 Å². The zero-order chi connectivity index (χ0) is 18.9. The summed E-state index contributed by atoms with van der Waals surface area (Å²) in [5.41, 5.74) is 4.02. The molecule has 5 rings (SSSR count). The van der Waals surface area contributed by atoms with E-state index >= 15 is 0 Å². The van der Waals surface area contributed by atoms with Gasteiger partial charge in [0.25, 0.3) is 0 Å². The molecule has 28 heavy (non-hydrogen) atoms. The fourth-order valence-corrected chi connectivity index (χ4v) is 4.32. The Kier molecular flexibility index (Phi) is 4.32. The van der Waals surface area contributed by atoms with Gasteiger partial charge in [0.15, 0.2) is 11.0 Å². The molecular formula is C26H25N2+. The van der Waals surface area contributed by atoms with Gasteiger partial charge in [0, 0.05) is 5.56 Å². The van der Waals surface area contributed by atoms with Crippen LogP contribution >= 0.6 is 0 Å². The van der Waals surface area contributed by atoms with E-state index in [0.717, 1.165) is 13.1 Å². The first-order valence-electron chi connectivity index (χ1n) is 10.2. The van der Waals surface area contributed by atoms with E-state index in [-0.39, 0.29) is 0 Å². The molecule has 2 heteroatoms. The van der Waals surface area contributed by atoms with Crippen molar-refractivity contribution in [2.24, 2.45) is 0 Å². The first kappa shape index (κ1) is 17.0. The van der Waals surface area contributed by atoms with Crippen LogP contribution in [0.2, 0.25) is 0 Å². The standard InChI is InChI=1S/C26H25N2/c1-2-3-16-27-19-28(26-15-9-8-14-25(26)27)18-24-22-12-6-4-10-20(22)17-21-11-5-7-13-23(21)24/h4-15,17,19H,2-3,16,18H2,1H3/q+1. The minimum atomic E-state index is 0.876. The second kappa shape index (κ2) is 7.12. The topological polar surface area (TPSA) is 8.81 Å². The number of nitrogens with zero attached hydrogens (tertiary/aromatic N) is 2. The Morgan fingerprint density at radius 3 is 2.14 bits per heavy atom.